The molecule has 0 unspecified atom stereocenters. The van der Waals surface area contributed by atoms with E-state index in [1.54, 1.807) is 7.11 Å². The Bertz CT molecular complexity index is 139. The minimum Gasteiger partial charge on any atom is -0.385 e. The summed E-state index contributed by atoms with van der Waals surface area (Å²) >= 11 is 0. The molecule has 0 heterocycles. The fourth-order valence-electron chi connectivity index (χ4n) is 2.63. The van der Waals surface area contributed by atoms with Gasteiger partial charge in [-0.3, -0.25) is 0 Å². The summed E-state index contributed by atoms with van der Waals surface area (Å²) in [4.78, 5) is 0. The zero-order valence-corrected chi connectivity index (χ0v) is 9.56. The Hall–Kier alpha value is -0.0800. The molecule has 1 rings (SSSR count). The zero-order valence-electron chi connectivity index (χ0n) is 9.56. The first-order valence-electron chi connectivity index (χ1n) is 6.02. The van der Waals surface area contributed by atoms with Gasteiger partial charge in [0.1, 0.15) is 0 Å². The first-order chi connectivity index (χ1) is 6.83. The molecular weight excluding hydrogens is 174 g/mol. The average molecular weight is 199 g/mol. The standard InChI is InChI=1S/C12H25NO/c1-14-10-6-9-12(11-13)7-4-2-3-5-8-12/h2-11,13H2,1H3. The quantitative estimate of drug-likeness (QED) is 0.546. The van der Waals surface area contributed by atoms with E-state index in [1.165, 1.54) is 51.4 Å². The Morgan fingerprint density at radius 1 is 1.14 bits per heavy atom. The molecule has 0 aromatic heterocycles. The van der Waals surface area contributed by atoms with Gasteiger partial charge in [0.2, 0.25) is 0 Å². The van der Waals surface area contributed by atoms with Gasteiger partial charge in [-0.25, -0.2) is 0 Å². The summed E-state index contributed by atoms with van der Waals surface area (Å²) in [6.45, 7) is 1.76. The van der Waals surface area contributed by atoms with Crippen molar-refractivity contribution in [2.24, 2.45) is 11.1 Å². The second-order valence-electron chi connectivity index (χ2n) is 4.71. The number of methoxy groups -OCH3 is 1. The minimum absolute atomic E-state index is 0.453. The van der Waals surface area contributed by atoms with Gasteiger partial charge in [0, 0.05) is 13.7 Å². The molecule has 0 aromatic carbocycles. The van der Waals surface area contributed by atoms with Crippen LogP contribution in [0.5, 0.6) is 0 Å². The third-order valence-corrected chi connectivity index (χ3v) is 3.65. The van der Waals surface area contributed by atoms with Crippen molar-refractivity contribution < 1.29 is 4.74 Å². The SMILES string of the molecule is COCCCC1(CN)CCCCCC1. The van der Waals surface area contributed by atoms with E-state index in [0.717, 1.165) is 13.2 Å². The molecular formula is C12H25NO. The van der Waals surface area contributed by atoms with Crippen LogP contribution in [0.1, 0.15) is 51.4 Å². The Morgan fingerprint density at radius 2 is 1.79 bits per heavy atom. The van der Waals surface area contributed by atoms with Gasteiger partial charge in [-0.2, -0.15) is 0 Å². The lowest BCUT2D eigenvalue weighted by Gasteiger charge is -2.31. The number of ether oxygens (including phenoxy) is 1. The molecule has 0 saturated heterocycles. The predicted octanol–water partition coefficient (Wildman–Crippen LogP) is 2.71. The lowest BCUT2D eigenvalue weighted by molar-refractivity contribution is 0.157. The Kier molecular flexibility index (Phi) is 5.49. The predicted molar refractivity (Wildman–Crippen MR) is 60.3 cm³/mol. The van der Waals surface area contributed by atoms with Crippen LogP contribution in [0.25, 0.3) is 0 Å². The van der Waals surface area contributed by atoms with Gasteiger partial charge in [0.25, 0.3) is 0 Å². The van der Waals surface area contributed by atoms with Crippen LogP contribution in [-0.4, -0.2) is 20.3 Å². The van der Waals surface area contributed by atoms with Crippen molar-refractivity contribution in [3.05, 3.63) is 0 Å². The van der Waals surface area contributed by atoms with E-state index in [0.29, 0.717) is 5.41 Å². The molecule has 1 aliphatic carbocycles. The Morgan fingerprint density at radius 3 is 2.29 bits per heavy atom. The van der Waals surface area contributed by atoms with Crippen molar-refractivity contribution in [2.45, 2.75) is 51.4 Å². The largest absolute Gasteiger partial charge is 0.385 e. The van der Waals surface area contributed by atoms with Crippen LogP contribution >= 0.6 is 0 Å². The topological polar surface area (TPSA) is 35.2 Å². The van der Waals surface area contributed by atoms with Crippen LogP contribution in [0.15, 0.2) is 0 Å². The third-order valence-electron chi connectivity index (χ3n) is 3.65. The molecule has 0 amide bonds. The summed E-state index contributed by atoms with van der Waals surface area (Å²) in [6.07, 6.45) is 10.7. The monoisotopic (exact) mass is 199 g/mol. The summed E-state index contributed by atoms with van der Waals surface area (Å²) in [5, 5.41) is 0. The highest BCUT2D eigenvalue weighted by Crippen LogP contribution is 2.37. The molecule has 14 heavy (non-hydrogen) atoms. The first-order valence-corrected chi connectivity index (χ1v) is 6.02. The van der Waals surface area contributed by atoms with Gasteiger partial charge in [0.05, 0.1) is 0 Å². The number of hydrogen-bond acceptors (Lipinski definition) is 2. The maximum Gasteiger partial charge on any atom is 0.0462 e. The highest BCUT2D eigenvalue weighted by Gasteiger charge is 2.28. The molecule has 0 spiro atoms. The van der Waals surface area contributed by atoms with Crippen LogP contribution in [0, 0.1) is 5.41 Å². The van der Waals surface area contributed by atoms with Crippen molar-refractivity contribution >= 4 is 0 Å². The lowest BCUT2D eigenvalue weighted by atomic mass is 9.77. The van der Waals surface area contributed by atoms with Crippen LogP contribution in [0.3, 0.4) is 0 Å². The number of rotatable bonds is 5. The summed E-state index contributed by atoms with van der Waals surface area (Å²) in [5.74, 6) is 0. The molecule has 0 atom stereocenters. The van der Waals surface area contributed by atoms with E-state index in [9.17, 15) is 0 Å². The van der Waals surface area contributed by atoms with E-state index >= 15 is 0 Å². The van der Waals surface area contributed by atoms with Crippen molar-refractivity contribution in [1.29, 1.82) is 0 Å². The molecule has 0 radical (unpaired) electrons. The van der Waals surface area contributed by atoms with Crippen LogP contribution in [0.4, 0.5) is 0 Å². The minimum atomic E-state index is 0.453. The van der Waals surface area contributed by atoms with Crippen molar-refractivity contribution in [1.82, 2.24) is 0 Å². The molecule has 0 aromatic rings. The molecule has 2 nitrogen and oxygen atoms in total. The van der Waals surface area contributed by atoms with Gasteiger partial charge in [-0.15, -0.1) is 0 Å². The molecule has 2 heteroatoms. The lowest BCUT2D eigenvalue weighted by Crippen LogP contribution is -2.30. The Balaban J connectivity index is 2.37. The molecule has 0 bridgehead atoms. The molecule has 0 aliphatic heterocycles. The zero-order chi connectivity index (χ0) is 10.3. The van der Waals surface area contributed by atoms with Crippen molar-refractivity contribution in [3.8, 4) is 0 Å². The fourth-order valence-corrected chi connectivity index (χ4v) is 2.63. The smallest absolute Gasteiger partial charge is 0.0462 e. The Labute approximate surface area is 88.2 Å². The third kappa shape index (κ3) is 3.58. The van der Waals surface area contributed by atoms with Gasteiger partial charge >= 0.3 is 0 Å². The van der Waals surface area contributed by atoms with Crippen LogP contribution in [0.2, 0.25) is 0 Å². The molecule has 1 fully saturated rings. The fraction of sp³-hybridized carbons (Fsp3) is 1.00. The first kappa shape index (κ1) is 12.0. The second-order valence-corrected chi connectivity index (χ2v) is 4.71. The molecule has 2 N–H and O–H groups in total. The molecule has 84 valence electrons. The van der Waals surface area contributed by atoms with E-state index in [4.69, 9.17) is 10.5 Å². The van der Waals surface area contributed by atoms with Gasteiger partial charge < -0.3 is 10.5 Å². The van der Waals surface area contributed by atoms with E-state index in [-0.39, 0.29) is 0 Å². The molecule has 1 saturated carbocycles. The summed E-state index contributed by atoms with van der Waals surface area (Å²) in [7, 11) is 1.78. The van der Waals surface area contributed by atoms with Gasteiger partial charge in [-0.05, 0) is 37.6 Å². The van der Waals surface area contributed by atoms with Crippen LogP contribution < -0.4 is 5.73 Å². The van der Waals surface area contributed by atoms with E-state index in [2.05, 4.69) is 0 Å². The van der Waals surface area contributed by atoms with Gasteiger partial charge in [0.15, 0.2) is 0 Å². The highest BCUT2D eigenvalue weighted by molar-refractivity contribution is 4.82. The van der Waals surface area contributed by atoms with E-state index in [1.807, 2.05) is 0 Å². The highest BCUT2D eigenvalue weighted by atomic mass is 16.5. The molecule has 1 aliphatic rings. The van der Waals surface area contributed by atoms with Crippen molar-refractivity contribution in [2.75, 3.05) is 20.3 Å². The average Bonchev–Trinajstić information content (AvgIpc) is 2.45. The second kappa shape index (κ2) is 6.41. The summed E-state index contributed by atoms with van der Waals surface area (Å²) in [6, 6.07) is 0. The van der Waals surface area contributed by atoms with Crippen molar-refractivity contribution in [3.63, 3.8) is 0 Å². The van der Waals surface area contributed by atoms with Crippen LogP contribution in [-0.2, 0) is 4.74 Å². The van der Waals surface area contributed by atoms with E-state index < -0.39 is 0 Å². The summed E-state index contributed by atoms with van der Waals surface area (Å²) < 4.78 is 5.11. The van der Waals surface area contributed by atoms with Gasteiger partial charge in [-0.1, -0.05) is 25.7 Å². The maximum atomic E-state index is 5.95. The summed E-state index contributed by atoms with van der Waals surface area (Å²) in [5.41, 5.74) is 6.40. The number of hydrogen-bond donors (Lipinski definition) is 1. The normalized spacial score (nSPS) is 21.9. The maximum absolute atomic E-state index is 5.95. The number of nitrogens with two attached hydrogens (primary N) is 1.